The van der Waals surface area contributed by atoms with Crippen LogP contribution in [0.5, 0.6) is 11.5 Å². The lowest BCUT2D eigenvalue weighted by Crippen LogP contribution is -2.41. The fraction of sp³-hybridized carbons (Fsp3) is 0.538. The van der Waals surface area contributed by atoms with Gasteiger partial charge in [-0.05, 0) is 24.6 Å². The van der Waals surface area contributed by atoms with Crippen LogP contribution in [0.3, 0.4) is 0 Å². The van der Waals surface area contributed by atoms with Crippen LogP contribution in [0.1, 0.15) is 32.4 Å². The molecule has 0 amide bonds. The van der Waals surface area contributed by atoms with Crippen LogP contribution < -0.4 is 14.2 Å². The number of fused-ring (bicyclic) bond motifs is 1. The predicted octanol–water partition coefficient (Wildman–Crippen LogP) is 1.65. The van der Waals surface area contributed by atoms with Gasteiger partial charge in [0.15, 0.2) is 11.5 Å². The smallest absolute Gasteiger partial charge is 0.279 e. The first kappa shape index (κ1) is 15.1. The maximum absolute atomic E-state index is 12.2. The number of ether oxygens (including phenoxy) is 2. The summed E-state index contributed by atoms with van der Waals surface area (Å²) in [5.74, 6) is 1.34. The van der Waals surface area contributed by atoms with Gasteiger partial charge in [-0.1, -0.05) is 19.9 Å². The van der Waals surface area contributed by atoms with E-state index < -0.39 is 10.2 Å². The first-order chi connectivity index (χ1) is 9.47. The monoisotopic (exact) mass is 300 g/mol. The first-order valence-corrected chi connectivity index (χ1v) is 8.09. The second-order valence-electron chi connectivity index (χ2n) is 4.54. The summed E-state index contributed by atoms with van der Waals surface area (Å²) in [7, 11) is -3.47. The van der Waals surface area contributed by atoms with Crippen molar-refractivity contribution in [3.05, 3.63) is 23.8 Å². The lowest BCUT2D eigenvalue weighted by molar-refractivity contribution is 0.174. The zero-order valence-electron chi connectivity index (χ0n) is 11.9. The molecular weight excluding hydrogens is 280 g/mol. The molecule has 0 aliphatic carbocycles. The van der Waals surface area contributed by atoms with Gasteiger partial charge in [0, 0.05) is 19.1 Å². The molecule has 2 rings (SSSR count). The van der Waals surface area contributed by atoms with Crippen molar-refractivity contribution in [3.63, 3.8) is 0 Å². The van der Waals surface area contributed by atoms with Gasteiger partial charge in [-0.2, -0.15) is 17.4 Å². The second-order valence-corrected chi connectivity index (χ2v) is 6.24. The Morgan fingerprint density at radius 2 is 1.90 bits per heavy atom. The molecule has 0 bridgehead atoms. The van der Waals surface area contributed by atoms with Gasteiger partial charge in [0.2, 0.25) is 6.79 Å². The maximum Gasteiger partial charge on any atom is 0.279 e. The van der Waals surface area contributed by atoms with E-state index in [1.165, 1.54) is 4.31 Å². The normalized spacial score (nSPS) is 15.6. The third-order valence-corrected chi connectivity index (χ3v) is 5.12. The van der Waals surface area contributed by atoms with Gasteiger partial charge in [-0.15, -0.1) is 0 Å². The van der Waals surface area contributed by atoms with Crippen LogP contribution in [0.2, 0.25) is 0 Å². The number of rotatable bonds is 6. The number of hydrogen-bond donors (Lipinski definition) is 1. The quantitative estimate of drug-likeness (QED) is 0.867. The molecule has 0 unspecified atom stereocenters. The fourth-order valence-electron chi connectivity index (χ4n) is 2.11. The summed E-state index contributed by atoms with van der Waals surface area (Å²) in [4.78, 5) is 0. The highest BCUT2D eigenvalue weighted by Gasteiger charge is 2.23. The van der Waals surface area contributed by atoms with Gasteiger partial charge in [-0.3, -0.25) is 0 Å². The molecule has 0 radical (unpaired) electrons. The van der Waals surface area contributed by atoms with Gasteiger partial charge in [0.25, 0.3) is 10.2 Å². The van der Waals surface area contributed by atoms with E-state index >= 15 is 0 Å². The van der Waals surface area contributed by atoms with Crippen LogP contribution in [0.15, 0.2) is 18.2 Å². The van der Waals surface area contributed by atoms with E-state index in [1.54, 1.807) is 19.1 Å². The minimum absolute atomic E-state index is 0.207. The van der Waals surface area contributed by atoms with Crippen LogP contribution in [0, 0.1) is 0 Å². The number of nitrogens with zero attached hydrogens (tertiary/aromatic N) is 1. The summed E-state index contributed by atoms with van der Waals surface area (Å²) in [6.45, 7) is 6.53. The number of hydrogen-bond acceptors (Lipinski definition) is 4. The minimum Gasteiger partial charge on any atom is -0.454 e. The standard InChI is InChI=1S/C13H20N2O4S/c1-4-15(5-2)20(16,17)14-10(3)11-6-7-12-13(8-11)19-9-18-12/h6-8,10,14H,4-5,9H2,1-3H3/t10-/m0/s1. The first-order valence-electron chi connectivity index (χ1n) is 6.65. The van der Waals surface area contributed by atoms with Crippen LogP contribution >= 0.6 is 0 Å². The van der Waals surface area contributed by atoms with Crippen molar-refractivity contribution in [2.45, 2.75) is 26.8 Å². The molecule has 1 N–H and O–H groups in total. The van der Waals surface area contributed by atoms with E-state index in [9.17, 15) is 8.42 Å². The van der Waals surface area contributed by atoms with Crippen molar-refractivity contribution in [1.82, 2.24) is 9.03 Å². The maximum atomic E-state index is 12.2. The van der Waals surface area contributed by atoms with Gasteiger partial charge in [0.05, 0.1) is 0 Å². The summed E-state index contributed by atoms with van der Waals surface area (Å²) in [5.41, 5.74) is 0.838. The molecule has 0 spiro atoms. The lowest BCUT2D eigenvalue weighted by atomic mass is 10.1. The predicted molar refractivity (Wildman–Crippen MR) is 76.0 cm³/mol. The molecule has 1 heterocycles. The number of nitrogens with one attached hydrogen (secondary N) is 1. The fourth-order valence-corrected chi connectivity index (χ4v) is 3.52. The van der Waals surface area contributed by atoms with E-state index in [1.807, 2.05) is 19.9 Å². The van der Waals surface area contributed by atoms with Crippen LogP contribution in [0.4, 0.5) is 0 Å². The summed E-state index contributed by atoms with van der Waals surface area (Å²) in [6, 6.07) is 5.09. The van der Waals surface area contributed by atoms with Gasteiger partial charge < -0.3 is 9.47 Å². The molecular formula is C13H20N2O4S. The lowest BCUT2D eigenvalue weighted by Gasteiger charge is -2.22. The Kier molecular flexibility index (Phi) is 4.52. The van der Waals surface area contributed by atoms with Crippen LogP contribution in [-0.2, 0) is 10.2 Å². The third-order valence-electron chi connectivity index (χ3n) is 3.27. The molecule has 1 aromatic rings. The topological polar surface area (TPSA) is 67.9 Å². The Bertz CT molecular complexity index is 570. The van der Waals surface area contributed by atoms with E-state index in [0.717, 1.165) is 5.56 Å². The zero-order valence-corrected chi connectivity index (χ0v) is 12.7. The van der Waals surface area contributed by atoms with Gasteiger partial charge >= 0.3 is 0 Å². The summed E-state index contributed by atoms with van der Waals surface area (Å²) in [5, 5.41) is 0. The van der Waals surface area contributed by atoms with Gasteiger partial charge in [-0.25, -0.2) is 0 Å². The largest absolute Gasteiger partial charge is 0.454 e. The van der Waals surface area contributed by atoms with Crippen molar-refractivity contribution in [2.75, 3.05) is 19.9 Å². The molecule has 1 aliphatic heterocycles. The highest BCUT2D eigenvalue weighted by Crippen LogP contribution is 2.34. The molecule has 6 nitrogen and oxygen atoms in total. The van der Waals surface area contributed by atoms with E-state index in [2.05, 4.69) is 4.72 Å². The minimum atomic E-state index is -3.47. The SMILES string of the molecule is CCN(CC)S(=O)(=O)N[C@@H](C)c1ccc2c(c1)OCO2. The Hall–Kier alpha value is -1.31. The molecule has 0 saturated heterocycles. The molecule has 20 heavy (non-hydrogen) atoms. The molecule has 1 atom stereocenters. The molecule has 0 fully saturated rings. The van der Waals surface area contributed by atoms with Crippen molar-refractivity contribution in [3.8, 4) is 11.5 Å². The van der Waals surface area contributed by atoms with E-state index in [-0.39, 0.29) is 12.8 Å². The Labute approximate surface area is 119 Å². The Morgan fingerprint density at radius 3 is 2.55 bits per heavy atom. The van der Waals surface area contributed by atoms with Crippen LogP contribution in [-0.4, -0.2) is 32.6 Å². The molecule has 1 aromatic carbocycles. The molecule has 112 valence electrons. The highest BCUT2D eigenvalue weighted by molar-refractivity contribution is 7.87. The van der Waals surface area contributed by atoms with E-state index in [4.69, 9.17) is 9.47 Å². The molecule has 1 aliphatic rings. The summed E-state index contributed by atoms with van der Waals surface area (Å²) >= 11 is 0. The summed E-state index contributed by atoms with van der Waals surface area (Å²) < 4.78 is 38.9. The zero-order chi connectivity index (χ0) is 14.8. The van der Waals surface area contributed by atoms with Crippen molar-refractivity contribution in [1.29, 1.82) is 0 Å². The van der Waals surface area contributed by atoms with Crippen molar-refractivity contribution >= 4 is 10.2 Å². The van der Waals surface area contributed by atoms with Gasteiger partial charge in [0.1, 0.15) is 0 Å². The average Bonchev–Trinajstić information content (AvgIpc) is 2.86. The third kappa shape index (κ3) is 3.05. The van der Waals surface area contributed by atoms with E-state index in [0.29, 0.717) is 24.6 Å². The molecule has 0 aromatic heterocycles. The average molecular weight is 300 g/mol. The highest BCUT2D eigenvalue weighted by atomic mass is 32.2. The number of benzene rings is 1. The second kappa shape index (κ2) is 5.99. The molecule has 0 saturated carbocycles. The molecule has 7 heteroatoms. The summed E-state index contributed by atoms with van der Waals surface area (Å²) in [6.07, 6.45) is 0. The van der Waals surface area contributed by atoms with Crippen molar-refractivity contribution < 1.29 is 17.9 Å². The Balaban J connectivity index is 2.14. The van der Waals surface area contributed by atoms with Crippen LogP contribution in [0.25, 0.3) is 0 Å². The Morgan fingerprint density at radius 1 is 1.25 bits per heavy atom. The van der Waals surface area contributed by atoms with Crippen molar-refractivity contribution in [2.24, 2.45) is 0 Å².